The van der Waals surface area contributed by atoms with Crippen LogP contribution in [0.15, 0.2) is 23.1 Å². The van der Waals surface area contributed by atoms with Gasteiger partial charge >= 0.3 is 0 Å². The SMILES string of the molecule is CNS(=O)(=O)c1ccc(N2CCC(C)C(OC)C2)c(N)c1. The molecular formula is C14H23N3O3S. The number of rotatable bonds is 4. The van der Waals surface area contributed by atoms with Crippen molar-refractivity contribution in [2.24, 2.45) is 5.92 Å². The van der Waals surface area contributed by atoms with Gasteiger partial charge in [0.25, 0.3) is 0 Å². The average molecular weight is 313 g/mol. The minimum atomic E-state index is -3.47. The number of nitrogens with two attached hydrogens (primary N) is 1. The van der Waals surface area contributed by atoms with E-state index in [1.165, 1.54) is 13.1 Å². The number of ether oxygens (including phenoxy) is 1. The Morgan fingerprint density at radius 1 is 1.43 bits per heavy atom. The van der Waals surface area contributed by atoms with E-state index in [1.807, 2.05) is 0 Å². The maximum Gasteiger partial charge on any atom is 0.240 e. The predicted octanol–water partition coefficient (Wildman–Crippen LogP) is 1.04. The molecule has 0 amide bonds. The van der Waals surface area contributed by atoms with Crippen molar-refractivity contribution in [3.8, 4) is 0 Å². The van der Waals surface area contributed by atoms with Gasteiger partial charge < -0.3 is 15.4 Å². The normalized spacial score (nSPS) is 23.3. The van der Waals surface area contributed by atoms with Gasteiger partial charge in [-0.1, -0.05) is 6.92 Å². The first-order valence-electron chi connectivity index (χ1n) is 7.00. The summed E-state index contributed by atoms with van der Waals surface area (Å²) in [6, 6.07) is 4.85. The first kappa shape index (κ1) is 16.1. The molecule has 1 aliphatic heterocycles. The molecular weight excluding hydrogens is 290 g/mol. The van der Waals surface area contributed by atoms with Gasteiger partial charge in [0.2, 0.25) is 10.0 Å². The molecule has 3 N–H and O–H groups in total. The standard InChI is InChI=1S/C14H23N3O3S/c1-10-6-7-17(9-14(10)20-3)13-5-4-11(8-12(13)15)21(18,19)16-2/h4-5,8,10,14,16H,6-7,9,15H2,1-3H3. The molecule has 0 radical (unpaired) electrons. The number of sulfonamides is 1. The number of hydrogen-bond donors (Lipinski definition) is 2. The molecule has 0 aliphatic carbocycles. The number of hydrogen-bond acceptors (Lipinski definition) is 5. The second-order valence-corrected chi connectivity index (χ2v) is 7.30. The minimum Gasteiger partial charge on any atom is -0.397 e. The maximum atomic E-state index is 11.8. The lowest BCUT2D eigenvalue weighted by molar-refractivity contribution is 0.0499. The van der Waals surface area contributed by atoms with Crippen LogP contribution in [0.25, 0.3) is 0 Å². The first-order chi connectivity index (χ1) is 9.89. The van der Waals surface area contributed by atoms with E-state index in [2.05, 4.69) is 16.5 Å². The topological polar surface area (TPSA) is 84.7 Å². The molecule has 2 unspecified atom stereocenters. The van der Waals surface area contributed by atoms with Gasteiger partial charge in [0, 0.05) is 20.2 Å². The fourth-order valence-electron chi connectivity index (χ4n) is 2.67. The molecule has 118 valence electrons. The zero-order valence-electron chi connectivity index (χ0n) is 12.7. The van der Waals surface area contributed by atoms with E-state index in [-0.39, 0.29) is 11.0 Å². The Bertz CT molecular complexity index is 603. The monoisotopic (exact) mass is 313 g/mol. The van der Waals surface area contributed by atoms with Crippen molar-refractivity contribution in [1.82, 2.24) is 4.72 Å². The molecule has 1 fully saturated rings. The van der Waals surface area contributed by atoms with E-state index >= 15 is 0 Å². The number of nitrogen functional groups attached to an aromatic ring is 1. The largest absolute Gasteiger partial charge is 0.397 e. The summed E-state index contributed by atoms with van der Waals surface area (Å²) in [7, 11) is -0.363. The number of anilines is 2. The van der Waals surface area contributed by atoms with Crippen molar-refractivity contribution >= 4 is 21.4 Å². The molecule has 1 aromatic rings. The summed E-state index contributed by atoms with van der Waals surface area (Å²) in [5.41, 5.74) is 7.38. The molecule has 21 heavy (non-hydrogen) atoms. The van der Waals surface area contributed by atoms with E-state index in [0.717, 1.165) is 25.2 Å². The quantitative estimate of drug-likeness (QED) is 0.811. The van der Waals surface area contributed by atoms with E-state index in [0.29, 0.717) is 11.6 Å². The van der Waals surface area contributed by atoms with Crippen molar-refractivity contribution < 1.29 is 13.2 Å². The fraction of sp³-hybridized carbons (Fsp3) is 0.571. The van der Waals surface area contributed by atoms with Crippen LogP contribution >= 0.6 is 0 Å². The number of nitrogens with one attached hydrogen (secondary N) is 1. The molecule has 6 nitrogen and oxygen atoms in total. The Kier molecular flexibility index (Phi) is 4.75. The van der Waals surface area contributed by atoms with Gasteiger partial charge in [0.05, 0.1) is 22.4 Å². The summed E-state index contributed by atoms with van der Waals surface area (Å²) in [5, 5.41) is 0. The lowest BCUT2D eigenvalue weighted by Crippen LogP contribution is -2.44. The third-order valence-corrected chi connectivity index (χ3v) is 5.52. The molecule has 1 aromatic carbocycles. The molecule has 1 saturated heterocycles. The first-order valence-corrected chi connectivity index (χ1v) is 8.48. The van der Waals surface area contributed by atoms with E-state index in [4.69, 9.17) is 10.5 Å². The van der Waals surface area contributed by atoms with Gasteiger partial charge in [-0.25, -0.2) is 13.1 Å². The molecule has 7 heteroatoms. The second kappa shape index (κ2) is 6.21. The number of benzene rings is 1. The molecule has 2 atom stereocenters. The predicted molar refractivity (Wildman–Crippen MR) is 83.9 cm³/mol. The van der Waals surface area contributed by atoms with Crippen molar-refractivity contribution in [1.29, 1.82) is 0 Å². The third kappa shape index (κ3) is 3.30. The highest BCUT2D eigenvalue weighted by Gasteiger charge is 2.27. The Morgan fingerprint density at radius 3 is 2.71 bits per heavy atom. The Labute approximate surface area is 126 Å². The van der Waals surface area contributed by atoms with Crippen molar-refractivity contribution in [2.45, 2.75) is 24.3 Å². The van der Waals surface area contributed by atoms with Crippen LogP contribution in [-0.4, -0.2) is 41.8 Å². The maximum absolute atomic E-state index is 11.8. The number of nitrogens with zero attached hydrogens (tertiary/aromatic N) is 1. The molecule has 2 rings (SSSR count). The highest BCUT2D eigenvalue weighted by molar-refractivity contribution is 7.89. The van der Waals surface area contributed by atoms with E-state index in [1.54, 1.807) is 19.2 Å². The molecule has 0 bridgehead atoms. The van der Waals surface area contributed by atoms with Crippen LogP contribution in [0.2, 0.25) is 0 Å². The highest BCUT2D eigenvalue weighted by atomic mass is 32.2. The smallest absolute Gasteiger partial charge is 0.240 e. The van der Waals surface area contributed by atoms with Crippen molar-refractivity contribution in [2.75, 3.05) is 37.9 Å². The van der Waals surface area contributed by atoms with Gasteiger partial charge in [-0.3, -0.25) is 0 Å². The van der Waals surface area contributed by atoms with Gasteiger partial charge in [0.15, 0.2) is 0 Å². The molecule has 1 heterocycles. The van der Waals surface area contributed by atoms with Gasteiger partial charge in [0.1, 0.15) is 0 Å². The fourth-order valence-corrected chi connectivity index (χ4v) is 3.43. The van der Waals surface area contributed by atoms with Crippen LogP contribution in [0.5, 0.6) is 0 Å². The Balaban J connectivity index is 2.26. The third-order valence-electron chi connectivity index (χ3n) is 4.11. The van der Waals surface area contributed by atoms with Crippen LogP contribution in [0.1, 0.15) is 13.3 Å². The summed E-state index contributed by atoms with van der Waals surface area (Å²) in [6.45, 7) is 3.83. The Morgan fingerprint density at radius 2 is 2.14 bits per heavy atom. The number of piperidine rings is 1. The Hall–Kier alpha value is -1.31. The van der Waals surface area contributed by atoms with Crippen LogP contribution in [0, 0.1) is 5.92 Å². The summed E-state index contributed by atoms with van der Waals surface area (Å²) in [4.78, 5) is 2.33. The van der Waals surface area contributed by atoms with Gasteiger partial charge in [-0.15, -0.1) is 0 Å². The average Bonchev–Trinajstić information content (AvgIpc) is 2.48. The van der Waals surface area contributed by atoms with Crippen LogP contribution < -0.4 is 15.4 Å². The van der Waals surface area contributed by atoms with Gasteiger partial charge in [-0.05, 0) is 37.6 Å². The summed E-state index contributed by atoms with van der Waals surface area (Å²) >= 11 is 0. The summed E-state index contributed by atoms with van der Waals surface area (Å²) in [5.74, 6) is 0.511. The zero-order valence-corrected chi connectivity index (χ0v) is 13.5. The minimum absolute atomic E-state index is 0.166. The zero-order chi connectivity index (χ0) is 15.6. The number of methoxy groups -OCH3 is 1. The summed E-state index contributed by atoms with van der Waals surface area (Å²) < 4.78 is 31.4. The van der Waals surface area contributed by atoms with Crippen molar-refractivity contribution in [3.05, 3.63) is 18.2 Å². The van der Waals surface area contributed by atoms with Crippen molar-refractivity contribution in [3.63, 3.8) is 0 Å². The molecule has 0 saturated carbocycles. The van der Waals surface area contributed by atoms with Crippen LogP contribution in [0.3, 0.4) is 0 Å². The lowest BCUT2D eigenvalue weighted by Gasteiger charge is -2.38. The molecule has 0 spiro atoms. The van der Waals surface area contributed by atoms with E-state index in [9.17, 15) is 8.42 Å². The van der Waals surface area contributed by atoms with Crippen LogP contribution in [0.4, 0.5) is 11.4 Å². The molecule has 1 aliphatic rings. The highest BCUT2D eigenvalue weighted by Crippen LogP contribution is 2.30. The second-order valence-electron chi connectivity index (χ2n) is 5.41. The molecule has 0 aromatic heterocycles. The van der Waals surface area contributed by atoms with E-state index < -0.39 is 10.0 Å². The van der Waals surface area contributed by atoms with Crippen LogP contribution in [-0.2, 0) is 14.8 Å². The summed E-state index contributed by atoms with van der Waals surface area (Å²) in [6.07, 6.45) is 1.19. The lowest BCUT2D eigenvalue weighted by atomic mass is 9.95. The van der Waals surface area contributed by atoms with Gasteiger partial charge in [-0.2, -0.15) is 0 Å².